The van der Waals surface area contributed by atoms with Crippen molar-refractivity contribution in [3.8, 4) is 0 Å². The van der Waals surface area contributed by atoms with Crippen molar-refractivity contribution in [2.24, 2.45) is 0 Å². The van der Waals surface area contributed by atoms with Crippen molar-refractivity contribution in [3.63, 3.8) is 0 Å². The lowest BCUT2D eigenvalue weighted by molar-refractivity contribution is -0.240. The molecular formula is C8H8BClF2O3. The van der Waals surface area contributed by atoms with Gasteiger partial charge >= 0.3 is 7.12 Å². The quantitative estimate of drug-likeness (QED) is 0.475. The molecule has 0 fully saturated rings. The first-order chi connectivity index (χ1) is 7.09. The summed E-state index contributed by atoms with van der Waals surface area (Å²) >= 11 is 5.65. The van der Waals surface area contributed by atoms with Crippen LogP contribution in [0.5, 0.6) is 0 Å². The second-order valence-electron chi connectivity index (χ2n) is 2.68. The largest absolute Gasteiger partial charge is 0.523 e. The van der Waals surface area contributed by atoms with Gasteiger partial charge in [-0.1, -0.05) is 23.7 Å². The van der Waals surface area contributed by atoms with E-state index in [0.29, 0.717) is 10.5 Å². The molecule has 1 N–H and O–H groups in total. The van der Waals surface area contributed by atoms with Crippen molar-refractivity contribution in [2.75, 3.05) is 6.61 Å². The average molecular weight is 236 g/mol. The zero-order valence-corrected chi connectivity index (χ0v) is 8.32. The normalized spacial score (nSPS) is 10.7. The average Bonchev–Trinajstić information content (AvgIpc) is 2.17. The van der Waals surface area contributed by atoms with Crippen LogP contribution in [0.2, 0.25) is 5.02 Å². The summed E-state index contributed by atoms with van der Waals surface area (Å²) in [6.45, 7) is -0.891. The Balaban J connectivity index is 2.43. The minimum Gasteiger partial charge on any atom is -0.422 e. The molecule has 0 amide bonds. The molecular weight excluding hydrogens is 228 g/mol. The molecule has 0 bridgehead atoms. The second kappa shape index (κ2) is 6.02. The van der Waals surface area contributed by atoms with E-state index in [1.54, 1.807) is 12.1 Å². The Bertz CT molecular complexity index is 314. The summed E-state index contributed by atoms with van der Waals surface area (Å²) in [5, 5.41) is 9.71. The van der Waals surface area contributed by atoms with E-state index in [9.17, 15) is 13.8 Å². The van der Waals surface area contributed by atoms with Gasteiger partial charge in [-0.2, -0.15) is 0 Å². The lowest BCUT2D eigenvalue weighted by Crippen LogP contribution is -2.34. The highest BCUT2D eigenvalue weighted by Gasteiger charge is 2.18. The zero-order chi connectivity index (χ0) is 11.3. The van der Waals surface area contributed by atoms with Gasteiger partial charge in [-0.3, -0.25) is 4.81 Å². The van der Waals surface area contributed by atoms with Crippen LogP contribution in [0.1, 0.15) is 0 Å². The predicted molar refractivity (Wildman–Crippen MR) is 52.1 cm³/mol. The molecule has 0 atom stereocenters. The maximum Gasteiger partial charge on any atom is 0.523 e. The van der Waals surface area contributed by atoms with E-state index in [-0.39, 0.29) is 0 Å². The van der Waals surface area contributed by atoms with Crippen molar-refractivity contribution in [1.29, 1.82) is 0 Å². The van der Waals surface area contributed by atoms with Crippen LogP contribution in [-0.4, -0.2) is 25.2 Å². The van der Waals surface area contributed by atoms with Gasteiger partial charge in [0, 0.05) is 5.02 Å². The number of alkyl halides is 2. The highest BCUT2D eigenvalue weighted by molar-refractivity contribution is 6.60. The van der Waals surface area contributed by atoms with Crippen molar-refractivity contribution in [3.05, 3.63) is 29.3 Å². The molecule has 82 valence electrons. The Morgan fingerprint density at radius 2 is 2.20 bits per heavy atom. The summed E-state index contributed by atoms with van der Waals surface area (Å²) in [5.41, 5.74) is 0.330. The third-order valence-electron chi connectivity index (χ3n) is 1.49. The third kappa shape index (κ3) is 4.57. The van der Waals surface area contributed by atoms with Gasteiger partial charge in [-0.15, -0.1) is 0 Å². The van der Waals surface area contributed by atoms with Crippen LogP contribution in [0, 0.1) is 0 Å². The number of halogens is 3. The first-order valence-electron chi connectivity index (χ1n) is 4.09. The van der Waals surface area contributed by atoms with Crippen LogP contribution in [0.25, 0.3) is 0 Å². The van der Waals surface area contributed by atoms with E-state index in [0.717, 1.165) is 0 Å². The van der Waals surface area contributed by atoms with Crippen LogP contribution in [-0.2, 0) is 9.69 Å². The molecule has 0 heterocycles. The monoisotopic (exact) mass is 236 g/mol. The van der Waals surface area contributed by atoms with Gasteiger partial charge in [0.25, 0.3) is 6.43 Å². The van der Waals surface area contributed by atoms with Gasteiger partial charge in [-0.25, -0.2) is 13.7 Å². The molecule has 1 aromatic rings. The first kappa shape index (κ1) is 12.4. The van der Waals surface area contributed by atoms with Crippen molar-refractivity contribution in [2.45, 2.75) is 6.43 Å². The molecule has 0 unspecified atom stereocenters. The number of rotatable bonds is 5. The van der Waals surface area contributed by atoms with Crippen LogP contribution >= 0.6 is 11.6 Å². The standard InChI is InChI=1S/C8H8BClF2O3/c10-7-3-1-2-6(4-7)9(13)15-14-5-8(11)12/h1-4,8,13H,5H2. The van der Waals surface area contributed by atoms with Gasteiger partial charge in [0.1, 0.15) is 6.61 Å². The molecule has 0 aliphatic rings. The molecule has 0 aliphatic carbocycles. The molecule has 0 saturated heterocycles. The third-order valence-corrected chi connectivity index (χ3v) is 1.72. The Kier molecular flexibility index (Phi) is 4.97. The van der Waals surface area contributed by atoms with E-state index < -0.39 is 20.2 Å². The van der Waals surface area contributed by atoms with Gasteiger partial charge < -0.3 is 5.02 Å². The maximum atomic E-state index is 11.6. The van der Waals surface area contributed by atoms with Crippen molar-refractivity contribution in [1.82, 2.24) is 0 Å². The van der Waals surface area contributed by atoms with Gasteiger partial charge in [0.2, 0.25) is 0 Å². The molecule has 0 aliphatic heterocycles. The number of hydrogen-bond acceptors (Lipinski definition) is 3. The summed E-state index contributed by atoms with van der Waals surface area (Å²) < 4.78 is 23.3. The molecule has 0 radical (unpaired) electrons. The lowest BCUT2D eigenvalue weighted by atomic mass is 9.80. The van der Waals surface area contributed by atoms with E-state index in [1.807, 2.05) is 0 Å². The van der Waals surface area contributed by atoms with Crippen molar-refractivity contribution >= 4 is 24.2 Å². The predicted octanol–water partition coefficient (Wildman–Crippen LogP) is 1.24. The summed E-state index contributed by atoms with van der Waals surface area (Å²) in [6.07, 6.45) is -2.64. The molecule has 7 heteroatoms. The highest BCUT2D eigenvalue weighted by Crippen LogP contribution is 2.04. The van der Waals surface area contributed by atoms with Crippen LogP contribution in [0.3, 0.4) is 0 Å². The SMILES string of the molecule is OB(OOCC(F)F)c1cccc(Cl)c1. The summed E-state index contributed by atoms with van der Waals surface area (Å²) in [6, 6.07) is 6.18. The Labute approximate surface area is 90.6 Å². The van der Waals surface area contributed by atoms with E-state index in [1.165, 1.54) is 12.1 Å². The van der Waals surface area contributed by atoms with Crippen LogP contribution in [0.15, 0.2) is 24.3 Å². The minimum absolute atomic E-state index is 0.330. The van der Waals surface area contributed by atoms with Crippen LogP contribution in [0.4, 0.5) is 8.78 Å². The van der Waals surface area contributed by atoms with E-state index in [4.69, 9.17) is 11.6 Å². The molecule has 3 nitrogen and oxygen atoms in total. The van der Waals surface area contributed by atoms with Crippen molar-refractivity contribution < 1.29 is 23.5 Å². The smallest absolute Gasteiger partial charge is 0.422 e. The molecule has 15 heavy (non-hydrogen) atoms. The van der Waals surface area contributed by atoms with E-state index >= 15 is 0 Å². The number of benzene rings is 1. The fourth-order valence-electron chi connectivity index (χ4n) is 0.871. The summed E-state index contributed by atoms with van der Waals surface area (Å²) in [4.78, 5) is 8.42. The van der Waals surface area contributed by atoms with Gasteiger partial charge in [0.15, 0.2) is 0 Å². The van der Waals surface area contributed by atoms with E-state index in [2.05, 4.69) is 9.69 Å². The maximum absolute atomic E-state index is 11.6. The molecule has 0 spiro atoms. The summed E-state index contributed by atoms with van der Waals surface area (Å²) in [7, 11) is -1.43. The topological polar surface area (TPSA) is 38.7 Å². The molecule has 1 aromatic carbocycles. The van der Waals surface area contributed by atoms with Gasteiger partial charge in [0.05, 0.1) is 0 Å². The minimum atomic E-state index is -2.64. The lowest BCUT2D eigenvalue weighted by Gasteiger charge is -2.07. The Hall–Kier alpha value is -0.685. The Morgan fingerprint density at radius 1 is 1.47 bits per heavy atom. The number of hydrogen-bond donors (Lipinski definition) is 1. The zero-order valence-electron chi connectivity index (χ0n) is 7.57. The van der Waals surface area contributed by atoms with Gasteiger partial charge in [-0.05, 0) is 17.6 Å². The molecule has 0 aromatic heterocycles. The Morgan fingerprint density at radius 3 is 2.80 bits per heavy atom. The fourth-order valence-corrected chi connectivity index (χ4v) is 1.07. The second-order valence-corrected chi connectivity index (χ2v) is 3.12. The highest BCUT2D eigenvalue weighted by atomic mass is 35.5. The summed E-state index contributed by atoms with van der Waals surface area (Å²) in [5.74, 6) is 0. The molecule has 0 saturated carbocycles. The first-order valence-corrected chi connectivity index (χ1v) is 4.47. The van der Waals surface area contributed by atoms with Crippen LogP contribution < -0.4 is 5.46 Å². The fraction of sp³-hybridized carbons (Fsp3) is 0.250. The molecule has 1 rings (SSSR count).